The maximum Gasteiger partial charge on any atom is 0.302 e. The van der Waals surface area contributed by atoms with Crippen LogP contribution < -0.4 is 0 Å². The topological polar surface area (TPSA) is 66.8 Å². The quantitative estimate of drug-likeness (QED) is 0.199. The number of fused-ring (bicyclic) bond motifs is 6. The fraction of sp³-hybridized carbons (Fsp3) is 0.119. The summed E-state index contributed by atoms with van der Waals surface area (Å²) in [7, 11) is 0. The molecule has 2 aliphatic carbocycles. The number of hydrogen-bond acceptors (Lipinski definition) is 4. The Morgan fingerprint density at radius 2 is 0.652 bits per heavy atom. The molecule has 6 aromatic rings. The van der Waals surface area contributed by atoms with Crippen LogP contribution in [0, 0.1) is 0 Å². The van der Waals surface area contributed by atoms with Crippen LogP contribution >= 0.6 is 0 Å². The van der Waals surface area contributed by atoms with Crippen molar-refractivity contribution in [1.82, 2.24) is 0 Å². The van der Waals surface area contributed by atoms with Gasteiger partial charge in [-0.15, -0.1) is 0 Å². The zero-order valence-electron chi connectivity index (χ0n) is 25.8. The van der Waals surface area contributed by atoms with Crippen LogP contribution in [0.2, 0.25) is 0 Å². The summed E-state index contributed by atoms with van der Waals surface area (Å²) in [6.07, 6.45) is 0. The molecule has 0 fully saturated rings. The monoisotopic (exact) mass is 602 g/mol. The largest absolute Gasteiger partial charge is 0.466 e. The highest BCUT2D eigenvalue weighted by atomic mass is 16.5. The van der Waals surface area contributed by atoms with Gasteiger partial charge >= 0.3 is 5.97 Å². The van der Waals surface area contributed by atoms with Gasteiger partial charge in [-0.05, 0) is 40.3 Å². The summed E-state index contributed by atoms with van der Waals surface area (Å²) < 4.78 is 4.40. The molecule has 8 rings (SSSR count). The molecular formula is C42H34O4. The van der Waals surface area contributed by atoms with Crippen molar-refractivity contribution in [2.45, 2.75) is 25.0 Å². The van der Waals surface area contributed by atoms with E-state index in [1.165, 1.54) is 6.92 Å². The Bertz CT molecular complexity index is 1860. The van der Waals surface area contributed by atoms with Gasteiger partial charge in [0.25, 0.3) is 0 Å². The maximum absolute atomic E-state index is 12.8. The Hall–Kier alpha value is -5.29. The molecule has 0 radical (unpaired) electrons. The summed E-state index contributed by atoms with van der Waals surface area (Å²) in [4.78, 5) is 9.82. The molecule has 46 heavy (non-hydrogen) atoms. The smallest absolute Gasteiger partial charge is 0.302 e. The molecule has 226 valence electrons. The molecule has 4 nitrogen and oxygen atoms in total. The molecule has 0 unspecified atom stereocenters. The molecule has 2 N–H and O–H groups in total. The van der Waals surface area contributed by atoms with Gasteiger partial charge in [-0.2, -0.15) is 0 Å². The number of benzene rings is 6. The minimum absolute atomic E-state index is 0.211. The molecule has 0 amide bonds. The van der Waals surface area contributed by atoms with Crippen molar-refractivity contribution in [2.24, 2.45) is 0 Å². The van der Waals surface area contributed by atoms with Crippen LogP contribution in [0.25, 0.3) is 33.4 Å². The first-order valence-corrected chi connectivity index (χ1v) is 15.6. The molecule has 0 atom stereocenters. The highest BCUT2D eigenvalue weighted by Gasteiger charge is 2.47. The van der Waals surface area contributed by atoms with E-state index in [2.05, 4.69) is 41.1 Å². The molecule has 0 aromatic heterocycles. The summed E-state index contributed by atoms with van der Waals surface area (Å²) >= 11 is 0. The molecule has 6 aromatic carbocycles. The maximum atomic E-state index is 12.8. The summed E-state index contributed by atoms with van der Waals surface area (Å²) in [5.41, 5.74) is 8.34. The summed E-state index contributed by atoms with van der Waals surface area (Å²) in [5, 5.41) is 25.6. The number of hydrogen-bond donors (Lipinski definition) is 2. The Labute approximate surface area is 269 Å². The number of ether oxygens (including phenoxy) is 1. The van der Waals surface area contributed by atoms with Crippen LogP contribution in [-0.4, -0.2) is 22.8 Å². The third-order valence-electron chi connectivity index (χ3n) is 9.12. The predicted molar refractivity (Wildman–Crippen MR) is 182 cm³/mol. The van der Waals surface area contributed by atoms with Crippen molar-refractivity contribution in [3.8, 4) is 33.4 Å². The Kier molecular flexibility index (Phi) is 7.40. The summed E-state index contributed by atoms with van der Waals surface area (Å²) in [6, 6.07) is 48.6. The zero-order chi connectivity index (χ0) is 31.9. The highest BCUT2D eigenvalue weighted by molar-refractivity contribution is 5.88. The van der Waals surface area contributed by atoms with Gasteiger partial charge < -0.3 is 14.9 Å². The van der Waals surface area contributed by atoms with Crippen LogP contribution in [-0.2, 0) is 20.7 Å². The Morgan fingerprint density at radius 3 is 0.804 bits per heavy atom. The Balaban J connectivity index is 0.000000517. The van der Waals surface area contributed by atoms with Gasteiger partial charge in [-0.1, -0.05) is 146 Å². The molecule has 0 bridgehead atoms. The molecule has 4 heteroatoms. The predicted octanol–water partition coefficient (Wildman–Crippen LogP) is 8.45. The second-order valence-corrected chi connectivity index (χ2v) is 11.6. The third-order valence-corrected chi connectivity index (χ3v) is 9.12. The van der Waals surface area contributed by atoms with Gasteiger partial charge in [0, 0.05) is 40.3 Å². The fourth-order valence-electron chi connectivity index (χ4n) is 7.27. The molecule has 0 saturated heterocycles. The van der Waals surface area contributed by atoms with Crippen LogP contribution in [0.15, 0.2) is 146 Å². The van der Waals surface area contributed by atoms with Crippen molar-refractivity contribution in [1.29, 1.82) is 0 Å². The average molecular weight is 603 g/mol. The number of aliphatic hydroxyl groups is 2. The van der Waals surface area contributed by atoms with Gasteiger partial charge in [0.05, 0.1) is 6.61 Å². The lowest BCUT2D eigenvalue weighted by molar-refractivity contribution is -0.140. The fourth-order valence-corrected chi connectivity index (χ4v) is 7.27. The average Bonchev–Trinajstić information content (AvgIpc) is 3.52. The Morgan fingerprint density at radius 1 is 0.457 bits per heavy atom. The van der Waals surface area contributed by atoms with Crippen LogP contribution in [0.5, 0.6) is 0 Å². The van der Waals surface area contributed by atoms with Crippen LogP contribution in [0.4, 0.5) is 0 Å². The van der Waals surface area contributed by atoms with Gasteiger partial charge in [-0.3, -0.25) is 4.79 Å². The first-order valence-electron chi connectivity index (χ1n) is 15.6. The first-order chi connectivity index (χ1) is 22.4. The van der Waals surface area contributed by atoms with E-state index < -0.39 is 11.2 Å². The van der Waals surface area contributed by atoms with Crippen molar-refractivity contribution < 1.29 is 19.7 Å². The molecule has 0 heterocycles. The first kappa shape index (κ1) is 29.4. The van der Waals surface area contributed by atoms with E-state index in [4.69, 9.17) is 0 Å². The number of esters is 1. The van der Waals surface area contributed by atoms with Crippen molar-refractivity contribution in [3.63, 3.8) is 0 Å². The highest BCUT2D eigenvalue weighted by Crippen LogP contribution is 2.55. The third kappa shape index (κ3) is 4.41. The lowest BCUT2D eigenvalue weighted by Gasteiger charge is -2.32. The minimum Gasteiger partial charge on any atom is -0.466 e. The standard InChI is InChI=1S/C38H26O2.C4H8O2/c39-37(31-19-7-1-13-25(31)26-14-2-8-20-32(26)37)35-23-11-5-17-29(35)30-18-6-12-24-36(30)38(40)33-21-9-3-15-27(33)28-16-4-10-22-34(28)38;1-3-6-4(2)5/h1-24,39-40H;3H2,1-2H3. The van der Waals surface area contributed by atoms with Crippen molar-refractivity contribution in [3.05, 3.63) is 179 Å². The van der Waals surface area contributed by atoms with Crippen molar-refractivity contribution in [2.75, 3.05) is 6.61 Å². The van der Waals surface area contributed by atoms with Crippen molar-refractivity contribution >= 4 is 5.97 Å². The second kappa shape index (κ2) is 11.6. The normalized spacial score (nSPS) is 14.2. The van der Waals surface area contributed by atoms with Gasteiger partial charge in [0.15, 0.2) is 0 Å². The van der Waals surface area contributed by atoms with E-state index in [0.29, 0.717) is 6.61 Å². The van der Waals surface area contributed by atoms with E-state index in [9.17, 15) is 15.0 Å². The molecule has 0 aliphatic heterocycles. The van der Waals surface area contributed by atoms with Crippen LogP contribution in [0.3, 0.4) is 0 Å². The molecular weight excluding hydrogens is 568 g/mol. The SMILES string of the molecule is CCOC(C)=O.OC1(c2ccccc2-c2ccccc2C2(O)c3ccccc3-c3ccccc32)c2ccccc2-c2ccccc21. The van der Waals surface area contributed by atoms with E-state index in [-0.39, 0.29) is 5.97 Å². The van der Waals surface area contributed by atoms with Crippen LogP contribution in [0.1, 0.15) is 47.2 Å². The van der Waals surface area contributed by atoms with Gasteiger partial charge in [0.1, 0.15) is 11.2 Å². The zero-order valence-corrected chi connectivity index (χ0v) is 25.8. The minimum atomic E-state index is -1.34. The lowest BCUT2D eigenvalue weighted by Crippen LogP contribution is -2.29. The number of rotatable bonds is 4. The number of carbonyl (C=O) groups excluding carboxylic acids is 1. The van der Waals surface area contributed by atoms with E-state index in [1.54, 1.807) is 6.92 Å². The van der Waals surface area contributed by atoms with E-state index in [1.807, 2.05) is 109 Å². The summed E-state index contributed by atoms with van der Waals surface area (Å²) in [6.45, 7) is 3.65. The molecule has 0 spiro atoms. The van der Waals surface area contributed by atoms with Gasteiger partial charge in [-0.25, -0.2) is 0 Å². The second-order valence-electron chi connectivity index (χ2n) is 11.6. The number of carbonyl (C=O) groups is 1. The molecule has 2 aliphatic rings. The van der Waals surface area contributed by atoms with E-state index >= 15 is 0 Å². The summed E-state index contributed by atoms with van der Waals surface area (Å²) in [5.74, 6) is -0.211. The molecule has 0 saturated carbocycles. The van der Waals surface area contributed by atoms with E-state index in [0.717, 1.165) is 66.8 Å². The van der Waals surface area contributed by atoms with Gasteiger partial charge in [0.2, 0.25) is 0 Å². The lowest BCUT2D eigenvalue weighted by atomic mass is 9.76.